The second-order valence-electron chi connectivity index (χ2n) is 12.3. The molecule has 3 atom stereocenters. The normalized spacial score (nSPS) is 21.5. The lowest BCUT2D eigenvalue weighted by molar-refractivity contribution is -0.134. The van der Waals surface area contributed by atoms with Gasteiger partial charge in [-0.2, -0.15) is 0 Å². The Morgan fingerprint density at radius 1 is 0.976 bits per heavy atom. The van der Waals surface area contributed by atoms with Crippen molar-refractivity contribution >= 4 is 34.2 Å². The van der Waals surface area contributed by atoms with Crippen molar-refractivity contribution in [3.8, 4) is 0 Å². The fourth-order valence-corrected chi connectivity index (χ4v) is 6.79. The highest BCUT2D eigenvalue weighted by molar-refractivity contribution is 6.31. The van der Waals surface area contributed by atoms with Gasteiger partial charge in [-0.25, -0.2) is 0 Å². The maximum atomic E-state index is 14.1. The van der Waals surface area contributed by atoms with Crippen LogP contribution in [0.3, 0.4) is 0 Å². The van der Waals surface area contributed by atoms with E-state index in [1.54, 1.807) is 0 Å². The lowest BCUT2D eigenvalue weighted by atomic mass is 9.87. The molecule has 0 spiro atoms. The summed E-state index contributed by atoms with van der Waals surface area (Å²) in [5.74, 6) is 0.709. The minimum atomic E-state index is -0.234. The molecule has 2 fully saturated rings. The highest BCUT2D eigenvalue weighted by atomic mass is 35.5. The van der Waals surface area contributed by atoms with Gasteiger partial charge in [0.05, 0.1) is 6.04 Å². The summed E-state index contributed by atoms with van der Waals surface area (Å²) in [5.41, 5.74) is 1.91. The van der Waals surface area contributed by atoms with E-state index in [2.05, 4.69) is 65.5 Å². The van der Waals surface area contributed by atoms with Gasteiger partial charge in [0, 0.05) is 48.2 Å². The number of benzene rings is 3. The van der Waals surface area contributed by atoms with E-state index in [-0.39, 0.29) is 29.8 Å². The molecule has 0 bridgehead atoms. The molecule has 2 saturated heterocycles. The minimum Gasteiger partial charge on any atom is -0.350 e. The first-order valence-corrected chi connectivity index (χ1v) is 16.0. The number of nitrogens with one attached hydrogen (secondary N) is 2. The van der Waals surface area contributed by atoms with Gasteiger partial charge in [-0.05, 0) is 99.1 Å². The quantitative estimate of drug-likeness (QED) is 0.317. The number of nitrogens with zero attached hydrogens (tertiary/aromatic N) is 2. The van der Waals surface area contributed by atoms with E-state index in [1.807, 2.05) is 42.5 Å². The SMILES string of the molecule is CC[C@H](CN1CC[C@@H](CNC(=O)c2ccc3cc(Cl)ccc3c2)NC(C2CCN(C(C)C)CC2)C1=O)c1ccccc1. The lowest BCUT2D eigenvalue weighted by Gasteiger charge is -2.39. The number of carbonyl (C=O) groups excluding carboxylic acids is 2. The molecule has 0 radical (unpaired) electrons. The molecule has 42 heavy (non-hydrogen) atoms. The van der Waals surface area contributed by atoms with E-state index in [0.29, 0.717) is 35.6 Å². The number of hydrogen-bond donors (Lipinski definition) is 2. The van der Waals surface area contributed by atoms with Crippen molar-refractivity contribution in [2.24, 2.45) is 5.92 Å². The molecule has 3 aromatic rings. The summed E-state index contributed by atoms with van der Waals surface area (Å²) < 4.78 is 0. The van der Waals surface area contributed by atoms with Crippen LogP contribution in [-0.4, -0.2) is 72.5 Å². The summed E-state index contributed by atoms with van der Waals surface area (Å²) in [5, 5.41) is 9.58. The highest BCUT2D eigenvalue weighted by Gasteiger charge is 2.38. The van der Waals surface area contributed by atoms with E-state index in [1.165, 1.54) is 5.56 Å². The van der Waals surface area contributed by atoms with E-state index in [0.717, 1.165) is 56.1 Å². The van der Waals surface area contributed by atoms with Crippen LogP contribution in [0.1, 0.15) is 68.3 Å². The molecular formula is C35H45ClN4O2. The monoisotopic (exact) mass is 588 g/mol. The topological polar surface area (TPSA) is 64.7 Å². The Kier molecular flexibility index (Phi) is 10.2. The summed E-state index contributed by atoms with van der Waals surface area (Å²) in [4.78, 5) is 31.9. The van der Waals surface area contributed by atoms with Gasteiger partial charge < -0.3 is 20.4 Å². The summed E-state index contributed by atoms with van der Waals surface area (Å²) in [6.45, 7) is 10.6. The smallest absolute Gasteiger partial charge is 0.251 e. The van der Waals surface area contributed by atoms with Crippen molar-refractivity contribution in [3.63, 3.8) is 0 Å². The first-order valence-electron chi connectivity index (χ1n) is 15.6. The van der Waals surface area contributed by atoms with E-state index in [9.17, 15) is 9.59 Å². The summed E-state index contributed by atoms with van der Waals surface area (Å²) >= 11 is 6.13. The molecule has 1 unspecified atom stereocenters. The van der Waals surface area contributed by atoms with E-state index < -0.39 is 0 Å². The average Bonchev–Trinajstić information content (AvgIpc) is 3.17. The Balaban J connectivity index is 1.29. The average molecular weight is 589 g/mol. The van der Waals surface area contributed by atoms with Crippen LogP contribution in [0.4, 0.5) is 0 Å². The van der Waals surface area contributed by atoms with Crippen molar-refractivity contribution in [1.29, 1.82) is 0 Å². The zero-order valence-corrected chi connectivity index (χ0v) is 25.9. The molecule has 0 aliphatic carbocycles. The molecular weight excluding hydrogens is 544 g/mol. The van der Waals surface area contributed by atoms with Crippen molar-refractivity contribution in [2.75, 3.05) is 32.7 Å². The number of amides is 2. The molecule has 3 aromatic carbocycles. The number of piperidine rings is 1. The summed E-state index contributed by atoms with van der Waals surface area (Å²) in [6, 6.07) is 22.2. The van der Waals surface area contributed by atoms with Crippen LogP contribution < -0.4 is 10.6 Å². The Labute approximate surface area is 255 Å². The second-order valence-corrected chi connectivity index (χ2v) is 12.7. The van der Waals surface area contributed by atoms with Gasteiger partial charge >= 0.3 is 0 Å². The van der Waals surface area contributed by atoms with Gasteiger partial charge in [0.15, 0.2) is 0 Å². The molecule has 6 nitrogen and oxygen atoms in total. The van der Waals surface area contributed by atoms with Gasteiger partial charge in [-0.1, -0.05) is 61.0 Å². The molecule has 7 heteroatoms. The number of fused-ring (bicyclic) bond motifs is 1. The number of carbonyl (C=O) groups is 2. The third kappa shape index (κ3) is 7.34. The van der Waals surface area contributed by atoms with Gasteiger partial charge in [0.25, 0.3) is 5.91 Å². The highest BCUT2D eigenvalue weighted by Crippen LogP contribution is 2.28. The van der Waals surface area contributed by atoms with Crippen LogP contribution in [0.15, 0.2) is 66.7 Å². The Hall–Kier alpha value is -2.93. The Morgan fingerprint density at radius 2 is 1.69 bits per heavy atom. The molecule has 5 rings (SSSR count). The molecule has 2 aliphatic heterocycles. The number of rotatable bonds is 9. The molecule has 2 N–H and O–H groups in total. The lowest BCUT2D eigenvalue weighted by Crippen LogP contribution is -2.55. The van der Waals surface area contributed by atoms with Crippen LogP contribution in [0, 0.1) is 5.92 Å². The molecule has 0 saturated carbocycles. The second kappa shape index (κ2) is 14.0. The van der Waals surface area contributed by atoms with Crippen molar-refractivity contribution in [3.05, 3.63) is 82.9 Å². The van der Waals surface area contributed by atoms with Crippen molar-refractivity contribution in [1.82, 2.24) is 20.4 Å². The van der Waals surface area contributed by atoms with E-state index in [4.69, 9.17) is 11.6 Å². The Bertz CT molecular complexity index is 1360. The zero-order chi connectivity index (χ0) is 29.6. The fraction of sp³-hybridized carbons (Fsp3) is 0.486. The standard InChI is InChI=1S/C35H45ClN4O2/c1-4-25(26-8-6-5-7-9-26)23-40-19-16-32(38-33(35(40)42)27-14-17-39(18-15-27)24(2)3)22-37-34(41)30-11-10-29-21-31(36)13-12-28(29)20-30/h5-13,20-21,24-25,27,32-33,38H,4,14-19,22-23H2,1-3H3,(H,37,41)/t25-,32+,33?/m1/s1. The maximum absolute atomic E-state index is 14.1. The first kappa shape index (κ1) is 30.5. The molecule has 224 valence electrons. The van der Waals surface area contributed by atoms with Crippen LogP contribution >= 0.6 is 11.6 Å². The number of hydrogen-bond acceptors (Lipinski definition) is 4. The Morgan fingerprint density at radius 3 is 2.40 bits per heavy atom. The van der Waals surface area contributed by atoms with Crippen LogP contribution in [0.25, 0.3) is 10.8 Å². The fourth-order valence-electron chi connectivity index (χ4n) is 6.61. The molecule has 0 aromatic heterocycles. The first-order chi connectivity index (χ1) is 20.3. The van der Waals surface area contributed by atoms with Gasteiger partial charge in [-0.15, -0.1) is 0 Å². The maximum Gasteiger partial charge on any atom is 0.251 e. The number of likely N-dealkylation sites (tertiary alicyclic amines) is 1. The van der Waals surface area contributed by atoms with Gasteiger partial charge in [0.2, 0.25) is 5.91 Å². The van der Waals surface area contributed by atoms with Gasteiger partial charge in [0.1, 0.15) is 0 Å². The van der Waals surface area contributed by atoms with Gasteiger partial charge in [-0.3, -0.25) is 9.59 Å². The third-order valence-electron chi connectivity index (χ3n) is 9.29. The van der Waals surface area contributed by atoms with Crippen molar-refractivity contribution < 1.29 is 9.59 Å². The summed E-state index contributed by atoms with van der Waals surface area (Å²) in [7, 11) is 0. The third-order valence-corrected chi connectivity index (χ3v) is 9.53. The largest absolute Gasteiger partial charge is 0.350 e. The van der Waals surface area contributed by atoms with Crippen molar-refractivity contribution in [2.45, 2.75) is 70.5 Å². The van der Waals surface area contributed by atoms with E-state index >= 15 is 0 Å². The zero-order valence-electron chi connectivity index (χ0n) is 25.2. The summed E-state index contributed by atoms with van der Waals surface area (Å²) in [6.07, 6.45) is 3.79. The predicted molar refractivity (Wildman–Crippen MR) is 172 cm³/mol. The molecule has 2 aliphatic rings. The van der Waals surface area contributed by atoms with Crippen LogP contribution in [0.2, 0.25) is 5.02 Å². The number of halogens is 1. The molecule has 2 amide bonds. The minimum absolute atomic E-state index is 0.0205. The van der Waals surface area contributed by atoms with Crippen LogP contribution in [0.5, 0.6) is 0 Å². The molecule has 2 heterocycles. The van der Waals surface area contributed by atoms with Crippen LogP contribution in [-0.2, 0) is 4.79 Å². The predicted octanol–water partition coefficient (Wildman–Crippen LogP) is 6.10.